The zero-order valence-corrected chi connectivity index (χ0v) is 20.1. The van der Waals surface area contributed by atoms with Gasteiger partial charge < -0.3 is 20.7 Å². The monoisotopic (exact) mass is 484 g/mol. The lowest BCUT2D eigenvalue weighted by atomic mass is 10.0. The van der Waals surface area contributed by atoms with Gasteiger partial charge in [-0.2, -0.15) is 0 Å². The van der Waals surface area contributed by atoms with Gasteiger partial charge in [0.2, 0.25) is 5.91 Å². The topological polar surface area (TPSA) is 146 Å². The average molecular weight is 485 g/mol. The van der Waals surface area contributed by atoms with Crippen molar-refractivity contribution in [3.8, 4) is 11.1 Å². The van der Waals surface area contributed by atoms with E-state index < -0.39 is 29.6 Å². The van der Waals surface area contributed by atoms with E-state index >= 15 is 0 Å². The molecule has 2 rings (SSSR count). The van der Waals surface area contributed by atoms with Crippen LogP contribution in [0, 0.1) is 0 Å². The Bertz CT molecular complexity index is 1000. The lowest BCUT2D eigenvalue weighted by molar-refractivity contribution is -0.131. The summed E-state index contributed by atoms with van der Waals surface area (Å²) < 4.78 is 5.11. The number of alkyl carbamates (subject to hydrolysis) is 1. The fourth-order valence-corrected chi connectivity index (χ4v) is 3.03. The highest BCUT2D eigenvalue weighted by molar-refractivity contribution is 5.98. The van der Waals surface area contributed by atoms with Crippen molar-refractivity contribution in [2.75, 3.05) is 13.1 Å². The minimum absolute atomic E-state index is 0.0815. The fraction of sp³-hybridized carbons (Fsp3) is 0.360. The molecule has 2 aromatic rings. The molecule has 0 fully saturated rings. The molecule has 5 N–H and O–H groups in total. The Hall–Kier alpha value is -3.92. The summed E-state index contributed by atoms with van der Waals surface area (Å²) in [6, 6.07) is 15.3. The van der Waals surface area contributed by atoms with Gasteiger partial charge in [-0.25, -0.2) is 10.3 Å². The van der Waals surface area contributed by atoms with Gasteiger partial charge in [-0.3, -0.25) is 19.6 Å². The Balaban J connectivity index is 1.82. The van der Waals surface area contributed by atoms with Crippen molar-refractivity contribution in [3.63, 3.8) is 0 Å². The summed E-state index contributed by atoms with van der Waals surface area (Å²) in [5, 5.41) is 16.6. The Morgan fingerprint density at radius 2 is 1.54 bits per heavy atom. The number of ether oxygens (including phenoxy) is 1. The number of hydrogen-bond donors (Lipinski definition) is 5. The number of nitrogens with one attached hydrogen (secondary N) is 4. The fourth-order valence-electron chi connectivity index (χ4n) is 3.03. The van der Waals surface area contributed by atoms with Gasteiger partial charge >= 0.3 is 6.09 Å². The number of amides is 4. The van der Waals surface area contributed by atoms with Crippen molar-refractivity contribution in [1.82, 2.24) is 21.4 Å². The van der Waals surface area contributed by atoms with Crippen molar-refractivity contribution < 1.29 is 29.1 Å². The van der Waals surface area contributed by atoms with E-state index in [4.69, 9.17) is 9.94 Å². The second-order valence-electron chi connectivity index (χ2n) is 8.78. The minimum Gasteiger partial charge on any atom is -0.444 e. The third kappa shape index (κ3) is 9.85. The summed E-state index contributed by atoms with van der Waals surface area (Å²) in [5.74, 6) is -1.78. The second kappa shape index (κ2) is 13.1. The number of hydrogen-bond acceptors (Lipinski definition) is 6. The van der Waals surface area contributed by atoms with Gasteiger partial charge in [-0.05, 0) is 50.5 Å². The van der Waals surface area contributed by atoms with Crippen LogP contribution in [0.15, 0.2) is 54.6 Å². The van der Waals surface area contributed by atoms with Crippen molar-refractivity contribution in [1.29, 1.82) is 0 Å². The zero-order chi connectivity index (χ0) is 25.8. The Kier molecular flexibility index (Phi) is 10.2. The van der Waals surface area contributed by atoms with Crippen LogP contribution in [0.5, 0.6) is 0 Å². The van der Waals surface area contributed by atoms with E-state index in [1.54, 1.807) is 45.0 Å². The first-order valence-electron chi connectivity index (χ1n) is 11.2. The lowest BCUT2D eigenvalue weighted by Gasteiger charge is -2.19. The Labute approximate surface area is 204 Å². The molecule has 10 nitrogen and oxygen atoms in total. The van der Waals surface area contributed by atoms with Crippen LogP contribution in [0.25, 0.3) is 11.1 Å². The van der Waals surface area contributed by atoms with Crippen LogP contribution in [0.2, 0.25) is 0 Å². The number of carbonyl (C=O) groups is 4. The number of rotatable bonds is 10. The third-order valence-electron chi connectivity index (χ3n) is 4.74. The van der Waals surface area contributed by atoms with Crippen LogP contribution in [-0.4, -0.2) is 53.8 Å². The first-order chi connectivity index (χ1) is 16.6. The van der Waals surface area contributed by atoms with E-state index in [0.717, 1.165) is 11.1 Å². The molecule has 188 valence electrons. The van der Waals surface area contributed by atoms with Gasteiger partial charge in [0.25, 0.3) is 11.8 Å². The molecule has 0 aliphatic rings. The summed E-state index contributed by atoms with van der Waals surface area (Å²) in [6.45, 7) is 5.25. The summed E-state index contributed by atoms with van der Waals surface area (Å²) in [6.07, 6.45) is -0.141. The van der Waals surface area contributed by atoms with E-state index in [-0.39, 0.29) is 25.4 Å². The molecular formula is C25H32N4O6. The minimum atomic E-state index is -1.19. The standard InChI is InChI=1S/C25H32N4O6/c1-25(2,3)35-24(33)26-15-7-10-21(30)27-16-20(23(32)29-34)28-22(31)19-13-11-18(12-14-19)17-8-5-4-6-9-17/h4-6,8-9,11-14,20,34H,7,10,15-16H2,1-3H3,(H,26,33)(H,27,30)(H,28,31)(H,29,32). The molecule has 35 heavy (non-hydrogen) atoms. The Morgan fingerprint density at radius 1 is 0.914 bits per heavy atom. The van der Waals surface area contributed by atoms with Crippen LogP contribution < -0.4 is 21.4 Å². The normalized spacial score (nSPS) is 11.7. The summed E-state index contributed by atoms with van der Waals surface area (Å²) in [7, 11) is 0. The summed E-state index contributed by atoms with van der Waals surface area (Å²) >= 11 is 0. The first kappa shape index (κ1) is 27.3. The van der Waals surface area contributed by atoms with Crippen molar-refractivity contribution in [3.05, 3.63) is 60.2 Å². The van der Waals surface area contributed by atoms with Crippen LogP contribution in [0.4, 0.5) is 4.79 Å². The molecule has 0 aromatic heterocycles. The van der Waals surface area contributed by atoms with Gasteiger partial charge in [0.1, 0.15) is 11.6 Å². The summed E-state index contributed by atoms with van der Waals surface area (Å²) in [5.41, 5.74) is 3.13. The second-order valence-corrected chi connectivity index (χ2v) is 8.78. The van der Waals surface area contributed by atoms with Gasteiger partial charge in [0.05, 0.1) is 0 Å². The van der Waals surface area contributed by atoms with E-state index in [2.05, 4.69) is 16.0 Å². The van der Waals surface area contributed by atoms with E-state index in [1.165, 1.54) is 5.48 Å². The van der Waals surface area contributed by atoms with Crippen molar-refractivity contribution in [2.24, 2.45) is 0 Å². The van der Waals surface area contributed by atoms with Gasteiger partial charge in [0.15, 0.2) is 0 Å². The number of hydroxylamine groups is 1. The Morgan fingerprint density at radius 3 is 2.14 bits per heavy atom. The number of benzene rings is 2. The van der Waals surface area contributed by atoms with Crippen molar-refractivity contribution >= 4 is 23.8 Å². The van der Waals surface area contributed by atoms with Gasteiger partial charge in [-0.1, -0.05) is 42.5 Å². The van der Waals surface area contributed by atoms with E-state index in [9.17, 15) is 19.2 Å². The van der Waals surface area contributed by atoms with Crippen LogP contribution in [-0.2, 0) is 14.3 Å². The average Bonchev–Trinajstić information content (AvgIpc) is 2.83. The largest absolute Gasteiger partial charge is 0.444 e. The molecule has 4 amide bonds. The van der Waals surface area contributed by atoms with Crippen molar-refractivity contribution in [2.45, 2.75) is 45.3 Å². The maximum atomic E-state index is 12.6. The van der Waals surface area contributed by atoms with Gasteiger partial charge in [-0.15, -0.1) is 0 Å². The summed E-state index contributed by atoms with van der Waals surface area (Å²) in [4.78, 5) is 48.3. The molecule has 0 bridgehead atoms. The van der Waals surface area contributed by atoms with Crippen LogP contribution in [0.1, 0.15) is 44.0 Å². The maximum Gasteiger partial charge on any atom is 0.407 e. The molecule has 0 radical (unpaired) electrons. The molecule has 0 heterocycles. The van der Waals surface area contributed by atoms with Crippen LogP contribution >= 0.6 is 0 Å². The molecule has 1 unspecified atom stereocenters. The quantitative estimate of drug-likeness (QED) is 0.199. The molecule has 0 saturated carbocycles. The molecule has 0 saturated heterocycles. The predicted molar refractivity (Wildman–Crippen MR) is 130 cm³/mol. The highest BCUT2D eigenvalue weighted by Gasteiger charge is 2.22. The zero-order valence-electron chi connectivity index (χ0n) is 20.1. The molecule has 0 aliphatic carbocycles. The highest BCUT2D eigenvalue weighted by atomic mass is 16.6. The molecule has 0 spiro atoms. The maximum absolute atomic E-state index is 12.6. The highest BCUT2D eigenvalue weighted by Crippen LogP contribution is 2.19. The molecule has 10 heteroatoms. The SMILES string of the molecule is CC(C)(C)OC(=O)NCCCC(=O)NCC(NC(=O)c1ccc(-c2ccccc2)cc1)C(=O)NO. The van der Waals surface area contributed by atoms with E-state index in [0.29, 0.717) is 12.0 Å². The van der Waals surface area contributed by atoms with Gasteiger partial charge in [0, 0.05) is 25.1 Å². The number of carbonyl (C=O) groups excluding carboxylic acids is 4. The smallest absolute Gasteiger partial charge is 0.407 e. The molecule has 1 atom stereocenters. The lowest BCUT2D eigenvalue weighted by Crippen LogP contribution is -2.52. The molecular weight excluding hydrogens is 452 g/mol. The molecule has 2 aromatic carbocycles. The molecule has 0 aliphatic heterocycles. The first-order valence-corrected chi connectivity index (χ1v) is 11.2. The van der Waals surface area contributed by atoms with Crippen LogP contribution in [0.3, 0.4) is 0 Å². The predicted octanol–water partition coefficient (Wildman–Crippen LogP) is 2.38. The third-order valence-corrected chi connectivity index (χ3v) is 4.74. The van der Waals surface area contributed by atoms with E-state index in [1.807, 2.05) is 30.3 Å².